The van der Waals surface area contributed by atoms with Gasteiger partial charge in [0.1, 0.15) is 4.90 Å². The summed E-state index contributed by atoms with van der Waals surface area (Å²) in [6, 6.07) is -0.694. The number of sulfonamides is 1. The van der Waals surface area contributed by atoms with Gasteiger partial charge in [0, 0.05) is 6.20 Å². The molecule has 0 aliphatic heterocycles. The molecule has 1 aromatic rings. The fourth-order valence-electron chi connectivity index (χ4n) is 2.55. The van der Waals surface area contributed by atoms with Crippen LogP contribution in [0.2, 0.25) is 0 Å². The zero-order valence-corrected chi connectivity index (χ0v) is 11.8. The smallest absolute Gasteiger partial charge is 0.244 e. The minimum absolute atomic E-state index is 0.0315. The van der Waals surface area contributed by atoms with Crippen LogP contribution in [-0.2, 0) is 10.0 Å². The van der Waals surface area contributed by atoms with Gasteiger partial charge in [-0.15, -0.1) is 0 Å². The van der Waals surface area contributed by atoms with Crippen molar-refractivity contribution in [3.63, 3.8) is 0 Å². The zero-order chi connectivity index (χ0) is 14.6. The Kier molecular flexibility index (Phi) is 4.61. The van der Waals surface area contributed by atoms with Gasteiger partial charge in [-0.25, -0.2) is 13.1 Å². The van der Waals surface area contributed by atoms with E-state index in [1.54, 1.807) is 0 Å². The van der Waals surface area contributed by atoms with Crippen molar-refractivity contribution in [3.05, 3.63) is 12.4 Å². The highest BCUT2D eigenvalue weighted by atomic mass is 32.2. The summed E-state index contributed by atoms with van der Waals surface area (Å²) in [6.07, 6.45) is 7.39. The first-order valence-corrected chi connectivity index (χ1v) is 8.01. The van der Waals surface area contributed by atoms with Crippen molar-refractivity contribution in [2.24, 2.45) is 16.8 Å². The average Bonchev–Trinajstić information content (AvgIpc) is 3.00. The highest BCUT2D eigenvalue weighted by molar-refractivity contribution is 7.89. The van der Waals surface area contributed by atoms with E-state index in [1.165, 1.54) is 12.4 Å². The Morgan fingerprint density at radius 1 is 1.50 bits per heavy atom. The van der Waals surface area contributed by atoms with Crippen molar-refractivity contribution < 1.29 is 13.6 Å². The van der Waals surface area contributed by atoms with Crippen molar-refractivity contribution in [1.82, 2.24) is 14.9 Å². The number of H-pyrrole nitrogens is 1. The molecule has 0 aromatic carbocycles. The van der Waals surface area contributed by atoms with E-state index in [-0.39, 0.29) is 16.6 Å². The normalized spacial score (nSPS) is 19.9. The quantitative estimate of drug-likeness (QED) is 0.270. The number of aromatic nitrogens is 2. The largest absolute Gasteiger partial charge is 0.409 e. The van der Waals surface area contributed by atoms with Crippen LogP contribution in [0.15, 0.2) is 22.4 Å². The van der Waals surface area contributed by atoms with Crippen LogP contribution in [0.25, 0.3) is 0 Å². The first-order chi connectivity index (χ1) is 9.54. The van der Waals surface area contributed by atoms with E-state index in [0.717, 1.165) is 32.1 Å². The van der Waals surface area contributed by atoms with E-state index in [0.29, 0.717) is 0 Å². The Labute approximate surface area is 117 Å². The van der Waals surface area contributed by atoms with E-state index in [1.807, 2.05) is 0 Å². The summed E-state index contributed by atoms with van der Waals surface area (Å²) in [7, 11) is -3.74. The SMILES string of the molecule is N/C(=N\O)C(NS(=O)(=O)c1cn[nH]c1)C1CCCCC1. The minimum Gasteiger partial charge on any atom is -0.409 e. The lowest BCUT2D eigenvalue weighted by molar-refractivity contribution is 0.297. The topological polar surface area (TPSA) is 133 Å². The molecule has 2 rings (SSSR count). The maximum atomic E-state index is 12.2. The maximum Gasteiger partial charge on any atom is 0.244 e. The Morgan fingerprint density at radius 2 is 2.20 bits per heavy atom. The number of hydrogen-bond donors (Lipinski definition) is 4. The van der Waals surface area contributed by atoms with Gasteiger partial charge >= 0.3 is 0 Å². The Bertz CT molecular complexity index is 549. The molecule has 0 radical (unpaired) electrons. The van der Waals surface area contributed by atoms with Crippen LogP contribution in [0.4, 0.5) is 0 Å². The molecule has 1 aromatic heterocycles. The average molecular weight is 301 g/mol. The Morgan fingerprint density at radius 3 is 2.75 bits per heavy atom. The molecule has 8 nitrogen and oxygen atoms in total. The number of oxime groups is 1. The molecule has 0 bridgehead atoms. The highest BCUT2D eigenvalue weighted by Crippen LogP contribution is 2.27. The number of nitrogens with zero attached hydrogens (tertiary/aromatic N) is 2. The van der Waals surface area contributed by atoms with Crippen molar-refractivity contribution in [2.75, 3.05) is 0 Å². The van der Waals surface area contributed by atoms with Crippen molar-refractivity contribution in [2.45, 2.75) is 43.0 Å². The van der Waals surface area contributed by atoms with Crippen LogP contribution in [0.5, 0.6) is 0 Å². The predicted molar refractivity (Wildman–Crippen MR) is 72.7 cm³/mol. The lowest BCUT2D eigenvalue weighted by atomic mass is 9.84. The van der Waals surface area contributed by atoms with Crippen LogP contribution < -0.4 is 10.5 Å². The molecule has 112 valence electrons. The number of nitrogens with two attached hydrogens (primary N) is 1. The number of aromatic amines is 1. The van der Waals surface area contributed by atoms with Gasteiger partial charge in [0.15, 0.2) is 5.84 Å². The van der Waals surface area contributed by atoms with Crippen molar-refractivity contribution in [3.8, 4) is 0 Å². The second-order valence-corrected chi connectivity index (χ2v) is 6.67. The van der Waals surface area contributed by atoms with E-state index in [9.17, 15) is 8.42 Å². The second kappa shape index (κ2) is 6.23. The number of nitrogens with one attached hydrogen (secondary N) is 2. The van der Waals surface area contributed by atoms with Crippen LogP contribution in [0.3, 0.4) is 0 Å². The number of amidine groups is 1. The standard InChI is InChI=1S/C11H19N5O3S/c12-11(15-17)10(8-4-2-1-3-5-8)16-20(18,19)9-6-13-14-7-9/h6-8,10,16-17H,1-5H2,(H2,12,15)(H,13,14). The molecular weight excluding hydrogens is 282 g/mol. The number of rotatable bonds is 5. The third-order valence-electron chi connectivity index (χ3n) is 3.62. The lowest BCUT2D eigenvalue weighted by Crippen LogP contribution is -2.49. The fraction of sp³-hybridized carbons (Fsp3) is 0.636. The Hall–Kier alpha value is -1.61. The molecule has 1 heterocycles. The van der Waals surface area contributed by atoms with Gasteiger partial charge in [-0.3, -0.25) is 5.10 Å². The summed E-state index contributed by atoms with van der Waals surface area (Å²) in [4.78, 5) is 0.0315. The van der Waals surface area contributed by atoms with Crippen molar-refractivity contribution >= 4 is 15.9 Å². The first-order valence-electron chi connectivity index (χ1n) is 6.53. The van der Waals surface area contributed by atoms with Crippen LogP contribution in [-0.4, -0.2) is 35.7 Å². The summed E-state index contributed by atoms with van der Waals surface area (Å²) < 4.78 is 26.9. The molecule has 1 unspecified atom stereocenters. The van der Waals surface area contributed by atoms with E-state index >= 15 is 0 Å². The van der Waals surface area contributed by atoms with Crippen molar-refractivity contribution in [1.29, 1.82) is 0 Å². The van der Waals surface area contributed by atoms with E-state index in [2.05, 4.69) is 20.1 Å². The Balaban J connectivity index is 2.20. The molecule has 20 heavy (non-hydrogen) atoms. The highest BCUT2D eigenvalue weighted by Gasteiger charge is 2.31. The van der Waals surface area contributed by atoms with Crippen LogP contribution in [0, 0.1) is 5.92 Å². The molecule has 0 amide bonds. The lowest BCUT2D eigenvalue weighted by Gasteiger charge is -2.29. The fourth-order valence-corrected chi connectivity index (χ4v) is 3.73. The van der Waals surface area contributed by atoms with Gasteiger partial charge in [0.05, 0.1) is 12.2 Å². The van der Waals surface area contributed by atoms with Gasteiger partial charge in [0.2, 0.25) is 10.0 Å². The third kappa shape index (κ3) is 3.28. The van der Waals surface area contributed by atoms with Gasteiger partial charge in [-0.1, -0.05) is 24.4 Å². The number of hydrogen-bond acceptors (Lipinski definition) is 5. The van der Waals surface area contributed by atoms with Gasteiger partial charge in [-0.2, -0.15) is 5.10 Å². The molecule has 0 spiro atoms. The third-order valence-corrected chi connectivity index (χ3v) is 5.03. The summed E-state index contributed by atoms with van der Waals surface area (Å²) >= 11 is 0. The first kappa shape index (κ1) is 14.8. The monoisotopic (exact) mass is 301 g/mol. The zero-order valence-electron chi connectivity index (χ0n) is 11.0. The summed E-state index contributed by atoms with van der Waals surface area (Å²) in [6.45, 7) is 0. The van der Waals surface area contributed by atoms with E-state index in [4.69, 9.17) is 10.9 Å². The van der Waals surface area contributed by atoms with Gasteiger partial charge < -0.3 is 10.9 Å². The van der Waals surface area contributed by atoms with Crippen LogP contribution in [0.1, 0.15) is 32.1 Å². The van der Waals surface area contributed by atoms with Crippen LogP contribution >= 0.6 is 0 Å². The molecular formula is C11H19N5O3S. The minimum atomic E-state index is -3.74. The maximum absolute atomic E-state index is 12.2. The predicted octanol–water partition coefficient (Wildman–Crippen LogP) is 0.383. The second-order valence-electron chi connectivity index (χ2n) is 4.96. The molecule has 1 aliphatic carbocycles. The van der Waals surface area contributed by atoms with E-state index < -0.39 is 16.1 Å². The summed E-state index contributed by atoms with van der Waals surface area (Å²) in [5.41, 5.74) is 5.66. The molecule has 0 saturated heterocycles. The molecule has 1 atom stereocenters. The summed E-state index contributed by atoms with van der Waals surface area (Å²) in [5.74, 6) is -0.0645. The molecule has 1 fully saturated rings. The summed E-state index contributed by atoms with van der Waals surface area (Å²) in [5, 5.41) is 17.9. The van der Waals surface area contributed by atoms with Gasteiger partial charge in [0.25, 0.3) is 0 Å². The molecule has 5 N–H and O–H groups in total. The molecule has 1 saturated carbocycles. The molecule has 9 heteroatoms. The molecule has 1 aliphatic rings. The van der Waals surface area contributed by atoms with Gasteiger partial charge in [-0.05, 0) is 18.8 Å².